The quantitative estimate of drug-likeness (QED) is 0.851. The van der Waals surface area contributed by atoms with Crippen LogP contribution in [0.1, 0.15) is 42.5 Å². The van der Waals surface area contributed by atoms with Crippen molar-refractivity contribution in [1.82, 2.24) is 9.47 Å². The molecule has 1 fully saturated rings. The maximum absolute atomic E-state index is 12.7. The van der Waals surface area contributed by atoms with Crippen LogP contribution in [-0.2, 0) is 6.54 Å². The van der Waals surface area contributed by atoms with Gasteiger partial charge in [0.05, 0.1) is 5.56 Å². The highest BCUT2D eigenvalue weighted by molar-refractivity contribution is 6.00. The van der Waals surface area contributed by atoms with E-state index in [2.05, 4.69) is 0 Å². The highest BCUT2D eigenvalue weighted by atomic mass is 16.2. The molecule has 0 spiro atoms. The molecule has 4 nitrogen and oxygen atoms in total. The van der Waals surface area contributed by atoms with Crippen LogP contribution in [0, 0.1) is 5.92 Å². The molecule has 1 aliphatic carbocycles. The number of pyridine rings is 1. The fourth-order valence-electron chi connectivity index (χ4n) is 3.63. The van der Waals surface area contributed by atoms with Gasteiger partial charge in [0.25, 0.3) is 11.5 Å². The predicted molar refractivity (Wildman–Crippen MR) is 101 cm³/mol. The van der Waals surface area contributed by atoms with E-state index in [-0.39, 0.29) is 11.5 Å². The van der Waals surface area contributed by atoms with Gasteiger partial charge in [-0.05, 0) is 24.3 Å². The average molecular weight is 338 g/mol. The van der Waals surface area contributed by atoms with Gasteiger partial charge in [0.1, 0.15) is 0 Å². The number of amides is 1. The minimum atomic E-state index is -0.0729. The molecule has 0 aliphatic heterocycles. The molecule has 1 aromatic heterocycles. The molecule has 1 saturated carbocycles. The summed E-state index contributed by atoms with van der Waals surface area (Å²) >= 11 is 0. The fraction of sp³-hybridized carbons (Fsp3) is 0.429. The van der Waals surface area contributed by atoms with Gasteiger partial charge < -0.3 is 9.47 Å². The Hall–Kier alpha value is -2.36. The summed E-state index contributed by atoms with van der Waals surface area (Å²) in [5.41, 5.74) is 2.17. The minimum absolute atomic E-state index is 0.0280. The topological polar surface area (TPSA) is 42.3 Å². The van der Waals surface area contributed by atoms with E-state index in [1.807, 2.05) is 30.3 Å². The first-order chi connectivity index (χ1) is 12.1. The van der Waals surface area contributed by atoms with Gasteiger partial charge in [0.15, 0.2) is 0 Å². The zero-order valence-electron chi connectivity index (χ0n) is 15.1. The van der Waals surface area contributed by atoms with Gasteiger partial charge in [-0.25, -0.2) is 0 Å². The molecule has 0 radical (unpaired) electrons. The van der Waals surface area contributed by atoms with Gasteiger partial charge in [-0.3, -0.25) is 9.59 Å². The van der Waals surface area contributed by atoms with Gasteiger partial charge in [0.2, 0.25) is 0 Å². The third-order valence-electron chi connectivity index (χ3n) is 5.03. The molecule has 4 heteroatoms. The third-order valence-corrected chi connectivity index (χ3v) is 5.03. The number of carbonyl (C=O) groups excluding carboxylic acids is 1. The summed E-state index contributed by atoms with van der Waals surface area (Å²) in [6.07, 6.45) is 7.88. The number of nitrogens with zero attached hydrogens (tertiary/aromatic N) is 2. The summed E-state index contributed by atoms with van der Waals surface area (Å²) < 4.78 is 1.74. The third kappa shape index (κ3) is 4.01. The van der Waals surface area contributed by atoms with Crippen LogP contribution in [0.15, 0.2) is 47.4 Å². The molecule has 1 amide bonds. The zero-order valence-corrected chi connectivity index (χ0v) is 15.1. The van der Waals surface area contributed by atoms with E-state index in [4.69, 9.17) is 0 Å². The van der Waals surface area contributed by atoms with Gasteiger partial charge in [-0.2, -0.15) is 0 Å². The van der Waals surface area contributed by atoms with E-state index >= 15 is 0 Å². The summed E-state index contributed by atoms with van der Waals surface area (Å²) in [7, 11) is 3.49. The van der Waals surface area contributed by atoms with Crippen molar-refractivity contribution >= 4 is 5.91 Å². The largest absolute Gasteiger partial charge is 0.345 e. The van der Waals surface area contributed by atoms with Crippen molar-refractivity contribution in [2.45, 2.75) is 38.6 Å². The fourth-order valence-corrected chi connectivity index (χ4v) is 3.63. The summed E-state index contributed by atoms with van der Waals surface area (Å²) in [5.74, 6) is 0.465. The second kappa shape index (κ2) is 7.68. The van der Waals surface area contributed by atoms with E-state index in [9.17, 15) is 9.59 Å². The highest BCUT2D eigenvalue weighted by Crippen LogP contribution is 2.26. The Morgan fingerprint density at radius 3 is 2.44 bits per heavy atom. The Morgan fingerprint density at radius 2 is 1.80 bits per heavy atom. The second-order valence-corrected chi connectivity index (χ2v) is 7.16. The summed E-state index contributed by atoms with van der Waals surface area (Å²) in [5, 5.41) is 0. The molecule has 1 heterocycles. The average Bonchev–Trinajstić information content (AvgIpc) is 2.64. The second-order valence-electron chi connectivity index (χ2n) is 7.16. The van der Waals surface area contributed by atoms with Crippen LogP contribution < -0.4 is 5.56 Å². The maximum atomic E-state index is 12.7. The van der Waals surface area contributed by atoms with E-state index in [0.717, 1.165) is 5.56 Å². The van der Waals surface area contributed by atoms with E-state index in [1.165, 1.54) is 32.1 Å². The van der Waals surface area contributed by atoms with Crippen molar-refractivity contribution in [2.75, 3.05) is 14.1 Å². The molecule has 1 aliphatic rings. The lowest BCUT2D eigenvalue weighted by atomic mass is 9.89. The molecule has 0 unspecified atom stereocenters. The van der Waals surface area contributed by atoms with Gasteiger partial charge in [-0.1, -0.05) is 49.6 Å². The van der Waals surface area contributed by atoms with Gasteiger partial charge >= 0.3 is 0 Å². The number of carbonyl (C=O) groups is 1. The van der Waals surface area contributed by atoms with Gasteiger partial charge in [-0.15, -0.1) is 0 Å². The van der Waals surface area contributed by atoms with Crippen LogP contribution in [0.2, 0.25) is 0 Å². The lowest BCUT2D eigenvalue weighted by Gasteiger charge is -2.23. The molecule has 132 valence electrons. The van der Waals surface area contributed by atoms with E-state index < -0.39 is 0 Å². The smallest absolute Gasteiger partial charge is 0.255 e. The Balaban J connectivity index is 2.02. The SMILES string of the molecule is CN(C)C(=O)c1cn(CC2CCCCC2)c(=O)cc1-c1ccccc1. The molecule has 2 aromatic rings. The lowest BCUT2D eigenvalue weighted by Crippen LogP contribution is -2.29. The minimum Gasteiger partial charge on any atom is -0.345 e. The Labute approximate surface area is 149 Å². The highest BCUT2D eigenvalue weighted by Gasteiger charge is 2.19. The van der Waals surface area contributed by atoms with Crippen LogP contribution in [0.5, 0.6) is 0 Å². The lowest BCUT2D eigenvalue weighted by molar-refractivity contribution is 0.0827. The molecule has 0 bridgehead atoms. The molecule has 0 N–H and O–H groups in total. The predicted octanol–water partition coefficient (Wildman–Crippen LogP) is 3.80. The molecule has 1 aromatic carbocycles. The van der Waals surface area contributed by atoms with Crippen LogP contribution in [0.4, 0.5) is 0 Å². The zero-order chi connectivity index (χ0) is 17.8. The molecule has 3 rings (SSSR count). The number of hydrogen-bond acceptors (Lipinski definition) is 2. The number of aromatic nitrogens is 1. The Kier molecular flexibility index (Phi) is 5.37. The Bertz CT molecular complexity index is 787. The van der Waals surface area contributed by atoms with Crippen molar-refractivity contribution in [3.8, 4) is 11.1 Å². The van der Waals surface area contributed by atoms with E-state index in [1.54, 1.807) is 35.8 Å². The summed E-state index contributed by atoms with van der Waals surface area (Å²) in [4.78, 5) is 26.9. The van der Waals surface area contributed by atoms with Crippen molar-refractivity contribution in [2.24, 2.45) is 5.92 Å². The first-order valence-electron chi connectivity index (χ1n) is 9.08. The molecule has 25 heavy (non-hydrogen) atoms. The van der Waals surface area contributed by atoms with Crippen LogP contribution in [-0.4, -0.2) is 29.5 Å². The first kappa shape index (κ1) is 17.5. The number of rotatable bonds is 4. The molecular weight excluding hydrogens is 312 g/mol. The van der Waals surface area contributed by atoms with Crippen molar-refractivity contribution in [3.05, 3.63) is 58.5 Å². The molecular formula is C21H26N2O2. The van der Waals surface area contributed by atoms with Crippen molar-refractivity contribution < 1.29 is 4.79 Å². The van der Waals surface area contributed by atoms with Crippen LogP contribution in [0.25, 0.3) is 11.1 Å². The standard InChI is InChI=1S/C21H26N2O2/c1-22(2)21(25)19-15-23(14-16-9-5-3-6-10-16)20(24)13-18(19)17-11-7-4-8-12-17/h4,7-8,11-13,15-16H,3,5-6,9-10,14H2,1-2H3. The summed E-state index contributed by atoms with van der Waals surface area (Å²) in [6.45, 7) is 0.710. The van der Waals surface area contributed by atoms with Crippen molar-refractivity contribution in [3.63, 3.8) is 0 Å². The maximum Gasteiger partial charge on any atom is 0.255 e. The van der Waals surface area contributed by atoms with Gasteiger partial charge in [0, 0.05) is 38.5 Å². The Morgan fingerprint density at radius 1 is 1.12 bits per heavy atom. The number of hydrogen-bond donors (Lipinski definition) is 0. The normalized spacial score (nSPS) is 15.1. The number of benzene rings is 1. The monoisotopic (exact) mass is 338 g/mol. The van der Waals surface area contributed by atoms with Crippen LogP contribution >= 0.6 is 0 Å². The van der Waals surface area contributed by atoms with E-state index in [0.29, 0.717) is 23.6 Å². The van der Waals surface area contributed by atoms with Crippen LogP contribution in [0.3, 0.4) is 0 Å². The molecule has 0 saturated heterocycles. The molecule has 0 atom stereocenters. The van der Waals surface area contributed by atoms with Crippen molar-refractivity contribution in [1.29, 1.82) is 0 Å². The first-order valence-corrected chi connectivity index (χ1v) is 9.08. The summed E-state index contributed by atoms with van der Waals surface area (Å²) in [6, 6.07) is 11.3.